The molecule has 2 aromatic rings. The van der Waals surface area contributed by atoms with Crippen molar-refractivity contribution in [2.24, 2.45) is 5.92 Å². The van der Waals surface area contributed by atoms with E-state index in [1.165, 1.54) is 0 Å². The second-order valence-corrected chi connectivity index (χ2v) is 7.74. The van der Waals surface area contributed by atoms with Crippen molar-refractivity contribution in [1.82, 2.24) is 25.0 Å². The summed E-state index contributed by atoms with van der Waals surface area (Å²) in [6.07, 6.45) is 3.16. The molecule has 8 heteroatoms. The van der Waals surface area contributed by atoms with E-state index in [0.717, 1.165) is 41.9 Å². The number of carbonyl (C=O) groups is 2. The highest BCUT2D eigenvalue weighted by molar-refractivity contribution is 5.93. The number of amides is 2. The predicted molar refractivity (Wildman–Crippen MR) is 103 cm³/mol. The first-order valence-corrected chi connectivity index (χ1v) is 9.75. The molecular formula is C20H25N5O3. The zero-order valence-electron chi connectivity index (χ0n) is 16.2. The number of fused-ring (bicyclic) bond motifs is 1. The Kier molecular flexibility index (Phi) is 4.78. The first-order valence-electron chi connectivity index (χ1n) is 9.75. The van der Waals surface area contributed by atoms with Gasteiger partial charge in [0.1, 0.15) is 5.56 Å². The van der Waals surface area contributed by atoms with Crippen molar-refractivity contribution in [3.8, 4) is 0 Å². The summed E-state index contributed by atoms with van der Waals surface area (Å²) in [4.78, 5) is 41.5. The fourth-order valence-corrected chi connectivity index (χ4v) is 3.68. The van der Waals surface area contributed by atoms with Crippen molar-refractivity contribution in [1.29, 1.82) is 0 Å². The van der Waals surface area contributed by atoms with Crippen LogP contribution in [0.5, 0.6) is 0 Å². The first-order chi connectivity index (χ1) is 13.4. The van der Waals surface area contributed by atoms with Gasteiger partial charge in [0.2, 0.25) is 5.91 Å². The highest BCUT2D eigenvalue weighted by atomic mass is 16.2. The molecule has 0 bridgehead atoms. The van der Waals surface area contributed by atoms with Crippen LogP contribution in [-0.2, 0) is 24.4 Å². The number of aromatic amines is 1. The molecule has 8 nitrogen and oxygen atoms in total. The average Bonchev–Trinajstić information content (AvgIpc) is 3.03. The van der Waals surface area contributed by atoms with Gasteiger partial charge in [0.25, 0.3) is 11.5 Å². The van der Waals surface area contributed by atoms with Crippen molar-refractivity contribution in [3.05, 3.63) is 50.7 Å². The van der Waals surface area contributed by atoms with Crippen molar-refractivity contribution in [3.63, 3.8) is 0 Å². The molecule has 1 aliphatic heterocycles. The monoisotopic (exact) mass is 383 g/mol. The van der Waals surface area contributed by atoms with Crippen LogP contribution >= 0.6 is 0 Å². The largest absolute Gasteiger partial charge is 0.346 e. The maximum absolute atomic E-state index is 12.5. The molecule has 2 aliphatic rings. The van der Waals surface area contributed by atoms with E-state index in [9.17, 15) is 14.4 Å². The van der Waals surface area contributed by atoms with Gasteiger partial charge in [-0.2, -0.15) is 5.10 Å². The van der Waals surface area contributed by atoms with Crippen molar-refractivity contribution in [2.75, 3.05) is 6.54 Å². The summed E-state index contributed by atoms with van der Waals surface area (Å²) in [7, 11) is 0. The van der Waals surface area contributed by atoms with Crippen LogP contribution in [-0.4, -0.2) is 38.0 Å². The zero-order valence-corrected chi connectivity index (χ0v) is 16.2. The quantitative estimate of drug-likeness (QED) is 0.830. The van der Waals surface area contributed by atoms with E-state index in [2.05, 4.69) is 15.4 Å². The van der Waals surface area contributed by atoms with Crippen LogP contribution in [0, 0.1) is 19.8 Å². The normalized spacial score (nSPS) is 16.4. The second-order valence-electron chi connectivity index (χ2n) is 7.74. The minimum atomic E-state index is -0.419. The van der Waals surface area contributed by atoms with Crippen molar-refractivity contribution >= 4 is 11.8 Å². The fourth-order valence-electron chi connectivity index (χ4n) is 3.68. The topological polar surface area (TPSA) is 100 Å². The summed E-state index contributed by atoms with van der Waals surface area (Å²) >= 11 is 0. The number of aromatic nitrogens is 3. The molecule has 1 aliphatic carbocycles. The van der Waals surface area contributed by atoms with Gasteiger partial charge in [-0.15, -0.1) is 0 Å². The average molecular weight is 383 g/mol. The van der Waals surface area contributed by atoms with Crippen molar-refractivity contribution < 1.29 is 9.59 Å². The molecular weight excluding hydrogens is 358 g/mol. The van der Waals surface area contributed by atoms with Gasteiger partial charge >= 0.3 is 0 Å². The van der Waals surface area contributed by atoms with E-state index in [0.29, 0.717) is 19.6 Å². The summed E-state index contributed by atoms with van der Waals surface area (Å²) in [6, 6.07) is 3.52. The summed E-state index contributed by atoms with van der Waals surface area (Å²) in [5.74, 6) is 0.0314. The van der Waals surface area contributed by atoms with E-state index in [-0.39, 0.29) is 23.9 Å². The Labute approximate surface area is 162 Å². The maximum Gasteiger partial charge on any atom is 0.261 e. The maximum atomic E-state index is 12.5. The van der Waals surface area contributed by atoms with Crippen LogP contribution in [0.1, 0.15) is 52.3 Å². The predicted octanol–water partition coefficient (Wildman–Crippen LogP) is 1.26. The minimum Gasteiger partial charge on any atom is -0.346 e. The number of hydrogen-bond donors (Lipinski definition) is 2. The Bertz CT molecular complexity index is 986. The summed E-state index contributed by atoms with van der Waals surface area (Å²) < 4.78 is 1.90. The number of H-pyrrole nitrogens is 1. The SMILES string of the molecule is Cc1cc(C(=O)NCc2cc3n(n2)CCN(C(=O)C2CCC2)C3)c(=O)[nH]c1C. The smallest absolute Gasteiger partial charge is 0.261 e. The van der Waals surface area contributed by atoms with Gasteiger partial charge in [0.05, 0.1) is 31.0 Å². The summed E-state index contributed by atoms with van der Waals surface area (Å²) in [5, 5.41) is 7.29. The number of carbonyl (C=O) groups excluding carboxylic acids is 2. The summed E-state index contributed by atoms with van der Waals surface area (Å²) in [6.45, 7) is 5.79. The molecule has 0 aromatic carbocycles. The van der Waals surface area contributed by atoms with Crippen LogP contribution in [0.25, 0.3) is 0 Å². The molecule has 148 valence electrons. The highest BCUT2D eigenvalue weighted by Crippen LogP contribution is 2.29. The molecule has 2 amide bonds. The standard InChI is InChI=1S/C20H25N5O3/c1-12-8-17(19(27)22-13(12)2)18(26)21-10-15-9-16-11-24(6-7-25(16)23-15)20(28)14-4-3-5-14/h8-9,14H,3-7,10-11H2,1-2H3,(H,21,26)(H,22,27). The van der Waals surface area contributed by atoms with Gasteiger partial charge in [-0.1, -0.05) is 6.42 Å². The zero-order chi connectivity index (χ0) is 19.8. The van der Waals surface area contributed by atoms with Gasteiger partial charge in [-0.3, -0.25) is 19.1 Å². The van der Waals surface area contributed by atoms with Gasteiger partial charge in [-0.05, 0) is 44.4 Å². The number of aryl methyl sites for hydroxylation is 2. The van der Waals surface area contributed by atoms with Gasteiger partial charge in [0.15, 0.2) is 0 Å². The van der Waals surface area contributed by atoms with E-state index >= 15 is 0 Å². The van der Waals surface area contributed by atoms with Gasteiger partial charge in [-0.25, -0.2) is 0 Å². The molecule has 1 fully saturated rings. The molecule has 0 saturated heterocycles. The van der Waals surface area contributed by atoms with Crippen LogP contribution in [0.4, 0.5) is 0 Å². The molecule has 3 heterocycles. The highest BCUT2D eigenvalue weighted by Gasteiger charge is 2.31. The second kappa shape index (κ2) is 7.26. The Hall–Kier alpha value is -2.90. The molecule has 0 unspecified atom stereocenters. The molecule has 1 saturated carbocycles. The third-order valence-corrected chi connectivity index (χ3v) is 5.79. The lowest BCUT2D eigenvalue weighted by Crippen LogP contribution is -2.43. The number of rotatable bonds is 4. The number of pyridine rings is 1. The Morgan fingerprint density at radius 2 is 2.04 bits per heavy atom. The van der Waals surface area contributed by atoms with Gasteiger partial charge < -0.3 is 15.2 Å². The lowest BCUT2D eigenvalue weighted by atomic mass is 9.84. The van der Waals surface area contributed by atoms with E-state index in [1.54, 1.807) is 13.0 Å². The Morgan fingerprint density at radius 1 is 1.25 bits per heavy atom. The fraction of sp³-hybridized carbons (Fsp3) is 0.500. The molecule has 0 atom stereocenters. The van der Waals surface area contributed by atoms with E-state index in [4.69, 9.17) is 0 Å². The summed E-state index contributed by atoms with van der Waals surface area (Å²) in [5.41, 5.74) is 3.02. The molecule has 0 spiro atoms. The van der Waals surface area contributed by atoms with Crippen LogP contribution in [0.2, 0.25) is 0 Å². The first kappa shape index (κ1) is 18.5. The Morgan fingerprint density at radius 3 is 2.75 bits per heavy atom. The van der Waals surface area contributed by atoms with Gasteiger partial charge in [0, 0.05) is 18.2 Å². The minimum absolute atomic E-state index is 0.101. The van der Waals surface area contributed by atoms with E-state index in [1.807, 2.05) is 22.6 Å². The third kappa shape index (κ3) is 3.46. The molecule has 2 N–H and O–H groups in total. The third-order valence-electron chi connectivity index (χ3n) is 5.79. The Balaban J connectivity index is 1.40. The molecule has 0 radical (unpaired) electrons. The van der Waals surface area contributed by atoms with Crippen LogP contribution in [0.15, 0.2) is 16.9 Å². The number of nitrogens with zero attached hydrogens (tertiary/aromatic N) is 3. The van der Waals surface area contributed by atoms with Crippen LogP contribution < -0.4 is 10.9 Å². The van der Waals surface area contributed by atoms with E-state index < -0.39 is 11.5 Å². The molecule has 28 heavy (non-hydrogen) atoms. The number of hydrogen-bond acceptors (Lipinski definition) is 4. The van der Waals surface area contributed by atoms with Crippen LogP contribution in [0.3, 0.4) is 0 Å². The lowest BCUT2D eigenvalue weighted by Gasteiger charge is -2.34. The lowest BCUT2D eigenvalue weighted by molar-refractivity contribution is -0.139. The van der Waals surface area contributed by atoms with Crippen molar-refractivity contribution in [2.45, 2.75) is 52.7 Å². The molecule has 2 aromatic heterocycles. The molecule has 4 rings (SSSR count). The number of nitrogens with one attached hydrogen (secondary N) is 2.